The average Bonchev–Trinajstić information content (AvgIpc) is 3.30. The average molecular weight is 332 g/mol. The van der Waals surface area contributed by atoms with Gasteiger partial charge in [-0.2, -0.15) is 10.4 Å². The van der Waals surface area contributed by atoms with E-state index in [9.17, 15) is 4.79 Å². The Morgan fingerprint density at radius 3 is 3.00 bits per heavy atom. The molecular weight excluding hydrogens is 316 g/mol. The zero-order chi connectivity index (χ0) is 17.2. The predicted octanol–water partition coefficient (Wildman–Crippen LogP) is 1.91. The molecule has 1 amide bonds. The molecule has 0 saturated carbocycles. The number of amides is 1. The molecule has 1 saturated heterocycles. The molecule has 7 heteroatoms. The smallest absolute Gasteiger partial charge is 0.253 e. The number of fused-ring (bicyclic) bond motifs is 1. The second-order valence-corrected chi connectivity index (χ2v) is 6.07. The minimum absolute atomic E-state index is 0.00602. The standard InChI is InChI=1S/C18H16N6O/c19-11-24-7-6-13(10-24)22-18(25)12-4-5-16(20-8-12)14-2-1-3-17-15(14)9-21-23-17/h1-5,8-9,13H,6-7,10H2,(H,21,23)(H,22,25). The Hall–Kier alpha value is -3.40. The number of likely N-dealkylation sites (tertiary alicyclic amines) is 1. The van der Waals surface area contributed by atoms with Crippen LogP contribution < -0.4 is 5.32 Å². The molecule has 0 aliphatic carbocycles. The quantitative estimate of drug-likeness (QED) is 0.714. The molecule has 2 N–H and O–H groups in total. The maximum absolute atomic E-state index is 12.3. The fourth-order valence-electron chi connectivity index (χ4n) is 3.12. The van der Waals surface area contributed by atoms with Gasteiger partial charge in [0.2, 0.25) is 0 Å². The first kappa shape index (κ1) is 15.1. The van der Waals surface area contributed by atoms with E-state index in [0.29, 0.717) is 18.7 Å². The van der Waals surface area contributed by atoms with E-state index >= 15 is 0 Å². The fraction of sp³-hybridized carbons (Fsp3) is 0.222. The van der Waals surface area contributed by atoms with Crippen molar-refractivity contribution in [3.8, 4) is 17.5 Å². The van der Waals surface area contributed by atoms with Gasteiger partial charge in [0.15, 0.2) is 6.19 Å². The summed E-state index contributed by atoms with van der Waals surface area (Å²) in [6.07, 6.45) is 6.25. The van der Waals surface area contributed by atoms with E-state index in [1.165, 1.54) is 0 Å². The second-order valence-electron chi connectivity index (χ2n) is 6.07. The Morgan fingerprint density at radius 2 is 2.24 bits per heavy atom. The summed E-state index contributed by atoms with van der Waals surface area (Å²) in [5, 5.41) is 19.8. The summed E-state index contributed by atoms with van der Waals surface area (Å²) in [5.74, 6) is -0.162. The molecule has 1 aliphatic rings. The first-order valence-electron chi connectivity index (χ1n) is 8.08. The summed E-state index contributed by atoms with van der Waals surface area (Å²) in [6, 6.07) is 9.50. The van der Waals surface area contributed by atoms with Gasteiger partial charge in [-0.25, -0.2) is 0 Å². The third kappa shape index (κ3) is 2.90. The molecule has 3 aromatic rings. The van der Waals surface area contributed by atoms with Gasteiger partial charge in [-0.15, -0.1) is 0 Å². The van der Waals surface area contributed by atoms with Gasteiger partial charge in [0.1, 0.15) is 0 Å². The van der Waals surface area contributed by atoms with Crippen LogP contribution in [0.1, 0.15) is 16.8 Å². The molecular formula is C18H16N6O. The van der Waals surface area contributed by atoms with E-state index in [2.05, 4.69) is 26.7 Å². The number of aromatic amines is 1. The number of H-pyrrole nitrogens is 1. The van der Waals surface area contributed by atoms with Crippen LogP contribution in [0.5, 0.6) is 0 Å². The summed E-state index contributed by atoms with van der Waals surface area (Å²) in [6.45, 7) is 1.25. The summed E-state index contributed by atoms with van der Waals surface area (Å²) in [5.41, 5.74) is 3.22. The topological polar surface area (TPSA) is 97.7 Å². The third-order valence-electron chi connectivity index (χ3n) is 4.45. The summed E-state index contributed by atoms with van der Waals surface area (Å²) in [7, 11) is 0. The lowest BCUT2D eigenvalue weighted by atomic mass is 10.1. The number of nitrogens with zero attached hydrogens (tertiary/aromatic N) is 4. The van der Waals surface area contributed by atoms with Crippen LogP contribution in [-0.2, 0) is 0 Å². The highest BCUT2D eigenvalue weighted by Gasteiger charge is 2.23. The van der Waals surface area contributed by atoms with Crippen molar-refractivity contribution < 1.29 is 4.79 Å². The van der Waals surface area contributed by atoms with E-state index < -0.39 is 0 Å². The number of rotatable bonds is 3. The Bertz CT molecular complexity index is 956. The Balaban J connectivity index is 1.51. The molecule has 1 unspecified atom stereocenters. The van der Waals surface area contributed by atoms with Gasteiger partial charge in [0.05, 0.1) is 23.0 Å². The number of carbonyl (C=O) groups is 1. The lowest BCUT2D eigenvalue weighted by Gasteiger charge is -2.12. The third-order valence-corrected chi connectivity index (χ3v) is 4.45. The molecule has 1 aromatic carbocycles. The zero-order valence-corrected chi connectivity index (χ0v) is 13.4. The van der Waals surface area contributed by atoms with Crippen molar-refractivity contribution in [2.24, 2.45) is 0 Å². The second kappa shape index (κ2) is 6.24. The zero-order valence-electron chi connectivity index (χ0n) is 13.4. The summed E-state index contributed by atoms with van der Waals surface area (Å²) in [4.78, 5) is 18.4. The molecule has 7 nitrogen and oxygen atoms in total. The number of benzene rings is 1. The number of hydrogen-bond donors (Lipinski definition) is 2. The Kier molecular flexibility index (Phi) is 3.78. The van der Waals surface area contributed by atoms with Crippen LogP contribution in [0.2, 0.25) is 0 Å². The van der Waals surface area contributed by atoms with Crippen LogP contribution >= 0.6 is 0 Å². The van der Waals surface area contributed by atoms with Gasteiger partial charge in [0.25, 0.3) is 5.91 Å². The highest BCUT2D eigenvalue weighted by Crippen LogP contribution is 2.25. The van der Waals surface area contributed by atoms with Crippen LogP contribution in [0.3, 0.4) is 0 Å². The van der Waals surface area contributed by atoms with Gasteiger partial charge < -0.3 is 10.2 Å². The summed E-state index contributed by atoms with van der Waals surface area (Å²) >= 11 is 0. The maximum Gasteiger partial charge on any atom is 0.253 e. The first-order valence-corrected chi connectivity index (χ1v) is 8.08. The van der Waals surface area contributed by atoms with Gasteiger partial charge in [-0.3, -0.25) is 14.9 Å². The first-order chi connectivity index (χ1) is 12.2. The van der Waals surface area contributed by atoms with Gasteiger partial charge in [-0.1, -0.05) is 12.1 Å². The molecule has 4 rings (SSSR count). The number of nitrogens with one attached hydrogen (secondary N) is 2. The summed E-state index contributed by atoms with van der Waals surface area (Å²) < 4.78 is 0. The maximum atomic E-state index is 12.3. The number of pyridine rings is 1. The van der Waals surface area contributed by atoms with Crippen molar-refractivity contribution in [3.63, 3.8) is 0 Å². The van der Waals surface area contributed by atoms with Gasteiger partial charge >= 0.3 is 0 Å². The molecule has 0 spiro atoms. The Labute approximate surface area is 144 Å². The van der Waals surface area contributed by atoms with Crippen LogP contribution in [0.15, 0.2) is 42.7 Å². The molecule has 3 heterocycles. The van der Waals surface area contributed by atoms with E-state index in [1.54, 1.807) is 23.4 Å². The highest BCUT2D eigenvalue weighted by molar-refractivity contribution is 5.96. The van der Waals surface area contributed by atoms with E-state index in [4.69, 9.17) is 5.26 Å². The molecule has 0 radical (unpaired) electrons. The SMILES string of the molecule is N#CN1CCC(NC(=O)c2ccc(-c3cccc4[nH]ncc34)nc2)C1. The predicted molar refractivity (Wildman–Crippen MR) is 92.4 cm³/mol. The largest absolute Gasteiger partial charge is 0.347 e. The normalized spacial score (nSPS) is 16.8. The lowest BCUT2D eigenvalue weighted by Crippen LogP contribution is -2.36. The minimum Gasteiger partial charge on any atom is -0.347 e. The van der Waals surface area contributed by atoms with Crippen molar-refractivity contribution in [2.75, 3.05) is 13.1 Å². The minimum atomic E-state index is -0.162. The van der Waals surface area contributed by atoms with Gasteiger partial charge in [0, 0.05) is 36.3 Å². The Morgan fingerprint density at radius 1 is 1.32 bits per heavy atom. The lowest BCUT2D eigenvalue weighted by molar-refractivity contribution is 0.0938. The number of nitriles is 1. The van der Waals surface area contributed by atoms with Gasteiger partial charge in [-0.05, 0) is 24.6 Å². The van der Waals surface area contributed by atoms with Crippen molar-refractivity contribution in [1.29, 1.82) is 5.26 Å². The van der Waals surface area contributed by atoms with Crippen LogP contribution in [0.25, 0.3) is 22.2 Å². The van der Waals surface area contributed by atoms with Crippen molar-refractivity contribution in [2.45, 2.75) is 12.5 Å². The molecule has 0 bridgehead atoms. The molecule has 124 valence electrons. The van der Waals surface area contributed by atoms with Crippen molar-refractivity contribution in [1.82, 2.24) is 25.4 Å². The highest BCUT2D eigenvalue weighted by atomic mass is 16.1. The van der Waals surface area contributed by atoms with Crippen molar-refractivity contribution >= 4 is 16.8 Å². The molecule has 2 aromatic heterocycles. The molecule has 1 aliphatic heterocycles. The fourth-order valence-corrected chi connectivity index (χ4v) is 3.12. The monoisotopic (exact) mass is 332 g/mol. The van der Waals surface area contributed by atoms with E-state index in [-0.39, 0.29) is 11.9 Å². The van der Waals surface area contributed by atoms with E-state index in [0.717, 1.165) is 28.6 Å². The molecule has 25 heavy (non-hydrogen) atoms. The molecule has 1 fully saturated rings. The number of hydrogen-bond acceptors (Lipinski definition) is 5. The van der Waals surface area contributed by atoms with Crippen molar-refractivity contribution in [3.05, 3.63) is 48.3 Å². The number of carbonyl (C=O) groups excluding carboxylic acids is 1. The van der Waals surface area contributed by atoms with Crippen LogP contribution in [-0.4, -0.2) is 45.1 Å². The molecule has 1 atom stereocenters. The van der Waals surface area contributed by atoms with E-state index in [1.807, 2.05) is 24.3 Å². The van der Waals surface area contributed by atoms with Crippen LogP contribution in [0.4, 0.5) is 0 Å². The van der Waals surface area contributed by atoms with Crippen LogP contribution in [0, 0.1) is 11.5 Å². The number of aromatic nitrogens is 3.